The van der Waals surface area contributed by atoms with Gasteiger partial charge in [-0.1, -0.05) is 0 Å². The van der Waals surface area contributed by atoms with Gasteiger partial charge in [-0.3, -0.25) is 9.59 Å². The van der Waals surface area contributed by atoms with Crippen LogP contribution in [0.2, 0.25) is 0 Å². The third-order valence-corrected chi connectivity index (χ3v) is 3.97. The molecule has 2 N–H and O–H groups in total. The van der Waals surface area contributed by atoms with Crippen LogP contribution in [0.4, 0.5) is 10.5 Å². The minimum Gasteiger partial charge on any atom is -0.497 e. The number of nitrogens with zero attached hydrogens (tertiary/aromatic N) is 1. The molecular formula is C19H27N3O5. The van der Waals surface area contributed by atoms with E-state index in [4.69, 9.17) is 9.47 Å². The summed E-state index contributed by atoms with van der Waals surface area (Å²) in [6, 6.07) is 7.14. The number of hydrogen-bond acceptors (Lipinski definition) is 5. The Morgan fingerprint density at radius 1 is 1.15 bits per heavy atom. The van der Waals surface area contributed by atoms with E-state index in [9.17, 15) is 14.4 Å². The summed E-state index contributed by atoms with van der Waals surface area (Å²) in [7, 11) is 1.58. The summed E-state index contributed by atoms with van der Waals surface area (Å²) in [5.74, 6) is -0.00384. The van der Waals surface area contributed by atoms with Gasteiger partial charge in [0, 0.05) is 31.7 Å². The molecule has 1 saturated heterocycles. The van der Waals surface area contributed by atoms with Crippen LogP contribution in [-0.2, 0) is 14.3 Å². The van der Waals surface area contributed by atoms with Crippen LogP contribution < -0.4 is 20.3 Å². The predicted molar refractivity (Wildman–Crippen MR) is 101 cm³/mol. The zero-order chi connectivity index (χ0) is 20.0. The van der Waals surface area contributed by atoms with Crippen molar-refractivity contribution in [2.45, 2.75) is 32.8 Å². The maximum absolute atomic E-state index is 12.3. The Bertz CT molecular complexity index is 682. The Morgan fingerprint density at radius 3 is 2.37 bits per heavy atom. The van der Waals surface area contributed by atoms with Crippen molar-refractivity contribution >= 4 is 23.6 Å². The first-order chi connectivity index (χ1) is 12.7. The van der Waals surface area contributed by atoms with Crippen LogP contribution in [0.1, 0.15) is 27.2 Å². The summed E-state index contributed by atoms with van der Waals surface area (Å²) in [5.41, 5.74) is 0.172. The van der Waals surface area contributed by atoms with Crippen molar-refractivity contribution in [1.29, 1.82) is 0 Å². The van der Waals surface area contributed by atoms with Gasteiger partial charge in [-0.25, -0.2) is 4.79 Å². The molecule has 1 aromatic rings. The number of nitrogens with one attached hydrogen (secondary N) is 2. The Balaban J connectivity index is 1.77. The minimum absolute atomic E-state index is 0.0906. The molecule has 3 amide bonds. The predicted octanol–water partition coefficient (Wildman–Crippen LogP) is 1.69. The van der Waals surface area contributed by atoms with Crippen LogP contribution >= 0.6 is 0 Å². The molecule has 8 nitrogen and oxygen atoms in total. The highest BCUT2D eigenvalue weighted by Crippen LogP contribution is 2.26. The second-order valence-electron chi connectivity index (χ2n) is 7.32. The quantitative estimate of drug-likeness (QED) is 0.736. The summed E-state index contributed by atoms with van der Waals surface area (Å²) < 4.78 is 10.2. The molecule has 1 unspecified atom stereocenters. The molecular weight excluding hydrogens is 350 g/mol. The number of anilines is 1. The van der Waals surface area contributed by atoms with Crippen molar-refractivity contribution in [3.8, 4) is 5.75 Å². The lowest BCUT2D eigenvalue weighted by Gasteiger charge is -2.20. The van der Waals surface area contributed by atoms with Crippen molar-refractivity contribution in [2.24, 2.45) is 5.92 Å². The van der Waals surface area contributed by atoms with Crippen molar-refractivity contribution < 1.29 is 23.9 Å². The van der Waals surface area contributed by atoms with Gasteiger partial charge in [0.25, 0.3) is 0 Å². The fourth-order valence-electron chi connectivity index (χ4n) is 2.70. The summed E-state index contributed by atoms with van der Waals surface area (Å²) in [4.78, 5) is 37.7. The SMILES string of the molecule is COc1ccc(N2CC(C(=O)NCCNC(=O)OC(C)(C)C)CC2=O)cc1. The van der Waals surface area contributed by atoms with Crippen LogP contribution in [0.15, 0.2) is 24.3 Å². The highest BCUT2D eigenvalue weighted by atomic mass is 16.6. The molecule has 148 valence electrons. The van der Waals surface area contributed by atoms with Gasteiger partial charge in [0.15, 0.2) is 0 Å². The van der Waals surface area contributed by atoms with Crippen LogP contribution in [0.3, 0.4) is 0 Å². The van der Waals surface area contributed by atoms with Crippen LogP contribution in [-0.4, -0.2) is 50.3 Å². The number of rotatable bonds is 6. The molecule has 1 aromatic carbocycles. The van der Waals surface area contributed by atoms with E-state index < -0.39 is 17.6 Å². The zero-order valence-corrected chi connectivity index (χ0v) is 16.2. The van der Waals surface area contributed by atoms with Crippen molar-refractivity contribution in [3.05, 3.63) is 24.3 Å². The molecule has 0 aliphatic carbocycles. The lowest BCUT2D eigenvalue weighted by Crippen LogP contribution is -2.40. The van der Waals surface area contributed by atoms with E-state index in [0.717, 1.165) is 5.69 Å². The molecule has 0 aromatic heterocycles. The molecule has 0 radical (unpaired) electrons. The third kappa shape index (κ3) is 6.16. The maximum atomic E-state index is 12.3. The highest BCUT2D eigenvalue weighted by Gasteiger charge is 2.34. The first kappa shape index (κ1) is 20.5. The van der Waals surface area contributed by atoms with Crippen LogP contribution in [0.25, 0.3) is 0 Å². The number of amides is 3. The van der Waals surface area contributed by atoms with E-state index in [-0.39, 0.29) is 31.3 Å². The molecule has 1 atom stereocenters. The fraction of sp³-hybridized carbons (Fsp3) is 0.526. The standard InChI is InChI=1S/C19H27N3O5/c1-19(2,3)27-18(25)21-10-9-20-17(24)13-11-16(23)22(12-13)14-5-7-15(26-4)8-6-14/h5-8,13H,9-12H2,1-4H3,(H,20,24)(H,21,25). The molecule has 1 fully saturated rings. The first-order valence-corrected chi connectivity index (χ1v) is 8.88. The van der Waals surface area contributed by atoms with Crippen molar-refractivity contribution in [1.82, 2.24) is 10.6 Å². The second kappa shape index (κ2) is 8.75. The molecule has 1 aliphatic rings. The molecule has 0 saturated carbocycles. The van der Waals surface area contributed by atoms with Gasteiger partial charge >= 0.3 is 6.09 Å². The smallest absolute Gasteiger partial charge is 0.407 e. The maximum Gasteiger partial charge on any atom is 0.407 e. The van der Waals surface area contributed by atoms with E-state index in [1.165, 1.54) is 0 Å². The van der Waals surface area contributed by atoms with Gasteiger partial charge in [-0.2, -0.15) is 0 Å². The average Bonchev–Trinajstić information content (AvgIpc) is 2.99. The number of alkyl carbamates (subject to hydrolysis) is 1. The average molecular weight is 377 g/mol. The highest BCUT2D eigenvalue weighted by molar-refractivity contribution is 6.00. The van der Waals surface area contributed by atoms with Gasteiger partial charge in [0.05, 0.1) is 13.0 Å². The molecule has 8 heteroatoms. The van der Waals surface area contributed by atoms with Gasteiger partial charge in [0.2, 0.25) is 11.8 Å². The minimum atomic E-state index is -0.567. The summed E-state index contributed by atoms with van der Waals surface area (Å²) >= 11 is 0. The van der Waals surface area contributed by atoms with E-state index >= 15 is 0 Å². The van der Waals surface area contributed by atoms with E-state index in [2.05, 4.69) is 10.6 Å². The Kier molecular flexibility index (Phi) is 6.65. The lowest BCUT2D eigenvalue weighted by atomic mass is 10.1. The Morgan fingerprint density at radius 2 is 1.78 bits per heavy atom. The number of methoxy groups -OCH3 is 1. The van der Waals surface area contributed by atoms with Gasteiger partial charge in [0.1, 0.15) is 11.4 Å². The topological polar surface area (TPSA) is 97.0 Å². The van der Waals surface area contributed by atoms with Crippen LogP contribution in [0, 0.1) is 5.92 Å². The van der Waals surface area contributed by atoms with Gasteiger partial charge in [-0.05, 0) is 45.0 Å². The molecule has 1 heterocycles. The third-order valence-electron chi connectivity index (χ3n) is 3.97. The number of carbonyl (C=O) groups excluding carboxylic acids is 3. The van der Waals surface area contributed by atoms with Gasteiger partial charge < -0.3 is 25.0 Å². The van der Waals surface area contributed by atoms with Crippen molar-refractivity contribution in [3.63, 3.8) is 0 Å². The lowest BCUT2D eigenvalue weighted by molar-refractivity contribution is -0.126. The number of carbonyl (C=O) groups is 3. The number of hydrogen-bond donors (Lipinski definition) is 2. The molecule has 1 aliphatic heterocycles. The Labute approximate surface area is 159 Å². The van der Waals surface area contributed by atoms with Crippen LogP contribution in [0.5, 0.6) is 5.75 Å². The van der Waals surface area contributed by atoms with E-state index in [0.29, 0.717) is 12.3 Å². The largest absolute Gasteiger partial charge is 0.497 e. The Hall–Kier alpha value is -2.77. The first-order valence-electron chi connectivity index (χ1n) is 8.88. The molecule has 0 spiro atoms. The normalized spacial score (nSPS) is 16.8. The monoisotopic (exact) mass is 377 g/mol. The second-order valence-corrected chi connectivity index (χ2v) is 7.32. The summed E-state index contributed by atoms with van der Waals surface area (Å²) in [6.45, 7) is 6.19. The summed E-state index contributed by atoms with van der Waals surface area (Å²) in [5, 5.41) is 5.32. The van der Waals surface area contributed by atoms with E-state index in [1.54, 1.807) is 57.0 Å². The number of benzene rings is 1. The zero-order valence-electron chi connectivity index (χ0n) is 16.2. The molecule has 0 bridgehead atoms. The number of ether oxygens (including phenoxy) is 2. The van der Waals surface area contributed by atoms with E-state index in [1.807, 2.05) is 0 Å². The van der Waals surface area contributed by atoms with Crippen molar-refractivity contribution in [2.75, 3.05) is 31.6 Å². The molecule has 2 rings (SSSR count). The molecule has 27 heavy (non-hydrogen) atoms. The summed E-state index contributed by atoms with van der Waals surface area (Å²) in [6.07, 6.45) is -0.365. The fourth-order valence-corrected chi connectivity index (χ4v) is 2.70. The van der Waals surface area contributed by atoms with Gasteiger partial charge in [-0.15, -0.1) is 0 Å².